The van der Waals surface area contributed by atoms with Gasteiger partial charge in [0.15, 0.2) is 0 Å². The standard InChI is InChI=1S/C32H40FN3O4S/c1-6-24(4)34-32(38)30(20-25-12-8-7-9-13-25)35(21-26-16-18-27(33)19-17-26)31(37)22-36(41(5,39)40)29-15-11-10-14-28(29)23(2)3/h7-19,23-24,30H,6,20-22H2,1-5H3,(H,34,38)/t24-,30+/m0/s1. The minimum absolute atomic E-state index is 0.00598. The molecule has 0 bridgehead atoms. The molecule has 0 fully saturated rings. The molecule has 0 aliphatic carbocycles. The number of anilines is 1. The molecule has 220 valence electrons. The maximum absolute atomic E-state index is 14.2. The van der Waals surface area contributed by atoms with Gasteiger partial charge in [-0.2, -0.15) is 0 Å². The van der Waals surface area contributed by atoms with E-state index in [-0.39, 0.29) is 30.8 Å². The second-order valence-electron chi connectivity index (χ2n) is 10.7. The average molecular weight is 582 g/mol. The first kappa shape index (κ1) is 31.8. The van der Waals surface area contributed by atoms with Crippen molar-refractivity contribution in [2.45, 2.75) is 65.1 Å². The Kier molecular flexibility index (Phi) is 11.1. The van der Waals surface area contributed by atoms with E-state index in [1.165, 1.54) is 17.0 Å². The summed E-state index contributed by atoms with van der Waals surface area (Å²) in [4.78, 5) is 29.3. The Morgan fingerprint density at radius 1 is 0.878 bits per heavy atom. The zero-order valence-corrected chi connectivity index (χ0v) is 25.2. The summed E-state index contributed by atoms with van der Waals surface area (Å²) in [5.74, 6) is -1.30. The number of carbonyl (C=O) groups is 2. The van der Waals surface area contributed by atoms with Crippen LogP contribution in [-0.4, -0.2) is 50.0 Å². The van der Waals surface area contributed by atoms with Gasteiger partial charge in [0.2, 0.25) is 21.8 Å². The Morgan fingerprint density at radius 2 is 1.49 bits per heavy atom. The third kappa shape index (κ3) is 8.88. The molecule has 41 heavy (non-hydrogen) atoms. The van der Waals surface area contributed by atoms with Crippen molar-refractivity contribution in [3.8, 4) is 0 Å². The predicted octanol–water partition coefficient (Wildman–Crippen LogP) is 5.27. The van der Waals surface area contributed by atoms with Crippen LogP contribution in [0.1, 0.15) is 56.7 Å². The lowest BCUT2D eigenvalue weighted by molar-refractivity contribution is -0.140. The van der Waals surface area contributed by atoms with Gasteiger partial charge in [0, 0.05) is 19.0 Å². The van der Waals surface area contributed by atoms with E-state index < -0.39 is 34.3 Å². The van der Waals surface area contributed by atoms with Gasteiger partial charge in [0.05, 0.1) is 11.9 Å². The first-order valence-corrected chi connectivity index (χ1v) is 15.7. The van der Waals surface area contributed by atoms with Crippen LogP contribution in [0, 0.1) is 5.82 Å². The number of carbonyl (C=O) groups excluding carboxylic acids is 2. The summed E-state index contributed by atoms with van der Waals surface area (Å²) in [5.41, 5.74) is 2.66. The molecule has 0 saturated heterocycles. The van der Waals surface area contributed by atoms with Gasteiger partial charge >= 0.3 is 0 Å². The summed E-state index contributed by atoms with van der Waals surface area (Å²) in [5, 5.41) is 2.99. The van der Waals surface area contributed by atoms with E-state index in [2.05, 4.69) is 5.32 Å². The van der Waals surface area contributed by atoms with Crippen molar-refractivity contribution in [2.75, 3.05) is 17.1 Å². The summed E-state index contributed by atoms with van der Waals surface area (Å²) >= 11 is 0. The van der Waals surface area contributed by atoms with E-state index in [4.69, 9.17) is 0 Å². The van der Waals surface area contributed by atoms with Gasteiger partial charge in [-0.1, -0.05) is 81.4 Å². The molecular weight excluding hydrogens is 541 g/mol. The van der Waals surface area contributed by atoms with Crippen LogP contribution < -0.4 is 9.62 Å². The van der Waals surface area contributed by atoms with Crippen molar-refractivity contribution in [1.29, 1.82) is 0 Å². The number of benzene rings is 3. The molecule has 0 saturated carbocycles. The van der Waals surface area contributed by atoms with E-state index >= 15 is 0 Å². The molecule has 3 rings (SSSR count). The molecule has 0 aliphatic rings. The first-order chi connectivity index (χ1) is 19.4. The largest absolute Gasteiger partial charge is 0.352 e. The van der Waals surface area contributed by atoms with Crippen molar-refractivity contribution < 1.29 is 22.4 Å². The topological polar surface area (TPSA) is 86.8 Å². The highest BCUT2D eigenvalue weighted by atomic mass is 32.2. The average Bonchev–Trinajstić information content (AvgIpc) is 2.94. The minimum Gasteiger partial charge on any atom is -0.352 e. The van der Waals surface area contributed by atoms with Gasteiger partial charge in [-0.25, -0.2) is 12.8 Å². The number of rotatable bonds is 13. The van der Waals surface area contributed by atoms with E-state index in [1.807, 2.05) is 70.2 Å². The van der Waals surface area contributed by atoms with Crippen LogP contribution in [0.15, 0.2) is 78.9 Å². The fourth-order valence-electron chi connectivity index (χ4n) is 4.58. The normalized spacial score (nSPS) is 13.0. The molecule has 7 nitrogen and oxygen atoms in total. The smallest absolute Gasteiger partial charge is 0.244 e. The van der Waals surface area contributed by atoms with Gasteiger partial charge in [0.1, 0.15) is 18.4 Å². The number of hydrogen-bond donors (Lipinski definition) is 1. The summed E-state index contributed by atoms with van der Waals surface area (Å²) < 4.78 is 41.0. The van der Waals surface area contributed by atoms with Crippen molar-refractivity contribution >= 4 is 27.5 Å². The lowest BCUT2D eigenvalue weighted by Crippen LogP contribution is -2.54. The van der Waals surface area contributed by atoms with Crippen LogP contribution in [0.2, 0.25) is 0 Å². The maximum atomic E-state index is 14.2. The molecule has 1 N–H and O–H groups in total. The number of sulfonamides is 1. The molecule has 0 spiro atoms. The second-order valence-corrected chi connectivity index (χ2v) is 12.6. The highest BCUT2D eigenvalue weighted by Crippen LogP contribution is 2.29. The molecule has 2 amide bonds. The number of hydrogen-bond acceptors (Lipinski definition) is 4. The van der Waals surface area contributed by atoms with Crippen LogP contribution in [-0.2, 0) is 32.6 Å². The molecule has 3 aromatic carbocycles. The summed E-state index contributed by atoms with van der Waals surface area (Å²) in [6.45, 7) is 7.25. The van der Waals surface area contributed by atoms with Gasteiger partial charge in [-0.3, -0.25) is 13.9 Å². The Balaban J connectivity index is 2.09. The number of halogens is 1. The lowest BCUT2D eigenvalue weighted by Gasteiger charge is -2.34. The third-order valence-electron chi connectivity index (χ3n) is 7.04. The Hall–Kier alpha value is -3.72. The fraction of sp³-hybridized carbons (Fsp3) is 0.375. The van der Waals surface area contributed by atoms with E-state index in [0.717, 1.165) is 21.7 Å². The summed E-state index contributed by atoms with van der Waals surface area (Å²) in [6.07, 6.45) is 1.99. The van der Waals surface area contributed by atoms with Gasteiger partial charge in [-0.05, 0) is 54.2 Å². The summed E-state index contributed by atoms with van der Waals surface area (Å²) in [6, 6.07) is 21.1. The van der Waals surface area contributed by atoms with Crippen LogP contribution in [0.4, 0.5) is 10.1 Å². The number of amides is 2. The maximum Gasteiger partial charge on any atom is 0.244 e. The number of nitrogens with one attached hydrogen (secondary N) is 1. The van der Waals surface area contributed by atoms with Crippen molar-refractivity contribution in [3.63, 3.8) is 0 Å². The molecule has 0 radical (unpaired) electrons. The van der Waals surface area contributed by atoms with E-state index in [9.17, 15) is 22.4 Å². The highest BCUT2D eigenvalue weighted by Gasteiger charge is 2.34. The number of nitrogens with zero attached hydrogens (tertiary/aromatic N) is 2. The molecule has 2 atom stereocenters. The Labute approximate surface area is 243 Å². The minimum atomic E-state index is -3.87. The van der Waals surface area contributed by atoms with Gasteiger partial charge < -0.3 is 10.2 Å². The lowest BCUT2D eigenvalue weighted by atomic mass is 10.0. The monoisotopic (exact) mass is 581 g/mol. The fourth-order valence-corrected chi connectivity index (χ4v) is 5.45. The van der Waals surface area contributed by atoms with Gasteiger partial charge in [0.25, 0.3) is 0 Å². The number of para-hydroxylation sites is 1. The quantitative estimate of drug-likeness (QED) is 0.298. The zero-order chi connectivity index (χ0) is 30.2. The molecule has 0 unspecified atom stereocenters. The van der Waals surface area contributed by atoms with E-state index in [0.29, 0.717) is 17.7 Å². The Morgan fingerprint density at radius 3 is 2.07 bits per heavy atom. The second kappa shape index (κ2) is 14.3. The molecular formula is C32H40FN3O4S. The molecule has 0 heterocycles. The molecule has 9 heteroatoms. The first-order valence-electron chi connectivity index (χ1n) is 13.9. The van der Waals surface area contributed by atoms with Crippen LogP contribution >= 0.6 is 0 Å². The van der Waals surface area contributed by atoms with Gasteiger partial charge in [-0.15, -0.1) is 0 Å². The predicted molar refractivity (Wildman–Crippen MR) is 162 cm³/mol. The third-order valence-corrected chi connectivity index (χ3v) is 8.17. The SMILES string of the molecule is CC[C@H](C)NC(=O)[C@@H](Cc1ccccc1)N(Cc1ccc(F)cc1)C(=O)CN(c1ccccc1C(C)C)S(C)(=O)=O. The Bertz CT molecular complexity index is 1410. The van der Waals surface area contributed by atoms with Crippen LogP contribution in [0.3, 0.4) is 0 Å². The molecule has 0 aromatic heterocycles. The van der Waals surface area contributed by atoms with Crippen molar-refractivity contribution in [3.05, 3.63) is 101 Å². The summed E-state index contributed by atoms with van der Waals surface area (Å²) in [7, 11) is -3.87. The van der Waals surface area contributed by atoms with Crippen LogP contribution in [0.25, 0.3) is 0 Å². The van der Waals surface area contributed by atoms with Crippen molar-refractivity contribution in [2.24, 2.45) is 0 Å². The highest BCUT2D eigenvalue weighted by molar-refractivity contribution is 7.92. The van der Waals surface area contributed by atoms with Crippen LogP contribution in [0.5, 0.6) is 0 Å². The molecule has 0 aliphatic heterocycles. The van der Waals surface area contributed by atoms with Crippen molar-refractivity contribution in [1.82, 2.24) is 10.2 Å². The zero-order valence-electron chi connectivity index (χ0n) is 24.4. The van der Waals surface area contributed by atoms with E-state index in [1.54, 1.807) is 24.3 Å². The molecule has 3 aromatic rings.